The Kier molecular flexibility index (Phi) is 6.92. The number of thioether (sulfide) groups is 1. The number of benzene rings is 2. The van der Waals surface area contributed by atoms with E-state index in [-0.39, 0.29) is 5.91 Å². The van der Waals surface area contributed by atoms with E-state index in [1.807, 2.05) is 33.7 Å². The molecule has 0 atom stereocenters. The maximum absolute atomic E-state index is 12.5. The van der Waals surface area contributed by atoms with Crippen LogP contribution in [0.2, 0.25) is 0 Å². The van der Waals surface area contributed by atoms with Crippen LogP contribution in [0.3, 0.4) is 0 Å². The van der Waals surface area contributed by atoms with Crippen LogP contribution in [0.1, 0.15) is 31.2 Å². The number of piperidine rings is 1. The fourth-order valence-corrected chi connectivity index (χ4v) is 4.70. The van der Waals surface area contributed by atoms with Gasteiger partial charge in [-0.2, -0.15) is 0 Å². The summed E-state index contributed by atoms with van der Waals surface area (Å²) < 4.78 is 7.61. The normalized spacial score (nSPS) is 13.9. The van der Waals surface area contributed by atoms with Crippen molar-refractivity contribution in [1.29, 1.82) is 0 Å². The van der Waals surface area contributed by atoms with Crippen LogP contribution in [0.5, 0.6) is 5.75 Å². The lowest BCUT2D eigenvalue weighted by Crippen LogP contribution is -2.35. The van der Waals surface area contributed by atoms with Crippen LogP contribution in [-0.2, 0) is 4.79 Å². The fourth-order valence-electron chi connectivity index (χ4n) is 3.82. The van der Waals surface area contributed by atoms with E-state index in [9.17, 15) is 4.79 Å². The molecule has 1 amide bonds. The second kappa shape index (κ2) is 10.0. The maximum atomic E-state index is 12.5. The van der Waals surface area contributed by atoms with E-state index in [0.717, 1.165) is 53.9 Å². The van der Waals surface area contributed by atoms with Crippen LogP contribution in [0, 0.1) is 6.92 Å². The molecular formula is C24H28N4O2S. The monoisotopic (exact) mass is 436 g/mol. The van der Waals surface area contributed by atoms with Gasteiger partial charge in [0.25, 0.3) is 0 Å². The van der Waals surface area contributed by atoms with Gasteiger partial charge in [0.2, 0.25) is 5.91 Å². The summed E-state index contributed by atoms with van der Waals surface area (Å²) in [6.07, 6.45) is 3.96. The first-order valence-corrected chi connectivity index (χ1v) is 11.7. The first kappa shape index (κ1) is 21.4. The van der Waals surface area contributed by atoms with Gasteiger partial charge in [-0.1, -0.05) is 41.6 Å². The fraction of sp³-hybridized carbons (Fsp3) is 0.375. The molecule has 0 aliphatic carbocycles. The van der Waals surface area contributed by atoms with Crippen molar-refractivity contribution >= 4 is 17.7 Å². The number of methoxy groups -OCH3 is 1. The Morgan fingerprint density at radius 2 is 1.77 bits per heavy atom. The van der Waals surface area contributed by atoms with E-state index in [1.54, 1.807) is 18.9 Å². The van der Waals surface area contributed by atoms with Crippen molar-refractivity contribution in [2.45, 2.75) is 37.8 Å². The molecule has 1 aliphatic heterocycles. The highest BCUT2D eigenvalue weighted by atomic mass is 32.2. The number of hydrogen-bond acceptors (Lipinski definition) is 5. The predicted molar refractivity (Wildman–Crippen MR) is 124 cm³/mol. The summed E-state index contributed by atoms with van der Waals surface area (Å²) in [4.78, 5) is 14.5. The maximum Gasteiger partial charge on any atom is 0.223 e. The number of hydrogen-bond donors (Lipinski definition) is 0. The highest BCUT2D eigenvalue weighted by Gasteiger charge is 2.20. The SMILES string of the molecule is COc1ccccc1-c1nnc(SCCC(=O)N2CCCCC2)n1-c1ccc(C)cc1. The molecule has 1 fully saturated rings. The minimum atomic E-state index is 0.235. The average molecular weight is 437 g/mol. The summed E-state index contributed by atoms with van der Waals surface area (Å²) in [7, 11) is 1.66. The summed E-state index contributed by atoms with van der Waals surface area (Å²) in [6.45, 7) is 3.85. The van der Waals surface area contributed by atoms with Crippen LogP contribution in [0.15, 0.2) is 53.7 Å². The van der Waals surface area contributed by atoms with Crippen LogP contribution in [-0.4, -0.2) is 51.5 Å². The van der Waals surface area contributed by atoms with Gasteiger partial charge in [0.05, 0.1) is 12.7 Å². The predicted octanol–water partition coefficient (Wildman–Crippen LogP) is 4.75. The third-order valence-electron chi connectivity index (χ3n) is 5.53. The zero-order valence-corrected chi connectivity index (χ0v) is 18.9. The molecule has 1 aliphatic rings. The third-order valence-corrected chi connectivity index (χ3v) is 6.46. The standard InChI is InChI=1S/C24H28N4O2S/c1-18-10-12-19(13-11-18)28-23(20-8-4-5-9-21(20)30-2)25-26-24(28)31-17-14-22(29)27-15-6-3-7-16-27/h4-5,8-13H,3,6-7,14-17H2,1-2H3. The van der Waals surface area contributed by atoms with Crippen LogP contribution in [0.25, 0.3) is 17.1 Å². The zero-order valence-electron chi connectivity index (χ0n) is 18.1. The lowest BCUT2D eigenvalue weighted by Gasteiger charge is -2.26. The number of carbonyl (C=O) groups excluding carboxylic acids is 1. The number of likely N-dealkylation sites (tertiary alicyclic amines) is 1. The second-order valence-electron chi connectivity index (χ2n) is 7.72. The zero-order chi connectivity index (χ0) is 21.6. The van der Waals surface area contributed by atoms with Gasteiger partial charge >= 0.3 is 0 Å². The number of aryl methyl sites for hydroxylation is 1. The number of ether oxygens (including phenoxy) is 1. The Bertz CT molecular complexity index is 1030. The number of rotatable bonds is 7. The van der Waals surface area contributed by atoms with Crippen LogP contribution in [0.4, 0.5) is 0 Å². The van der Waals surface area contributed by atoms with E-state index in [1.165, 1.54) is 12.0 Å². The van der Waals surface area contributed by atoms with E-state index < -0.39 is 0 Å². The molecule has 3 aromatic rings. The molecule has 2 heterocycles. The van der Waals surface area contributed by atoms with E-state index in [0.29, 0.717) is 12.2 Å². The summed E-state index contributed by atoms with van der Waals surface area (Å²) in [5.41, 5.74) is 3.06. The van der Waals surface area contributed by atoms with E-state index >= 15 is 0 Å². The van der Waals surface area contributed by atoms with Crippen molar-refractivity contribution in [2.24, 2.45) is 0 Å². The molecule has 6 nitrogen and oxygen atoms in total. The summed E-state index contributed by atoms with van der Waals surface area (Å²) >= 11 is 1.57. The Hall–Kier alpha value is -2.80. The van der Waals surface area contributed by atoms with Crippen molar-refractivity contribution in [3.8, 4) is 22.8 Å². The molecule has 1 aromatic heterocycles. The lowest BCUT2D eigenvalue weighted by atomic mass is 10.1. The smallest absolute Gasteiger partial charge is 0.223 e. The molecule has 7 heteroatoms. The molecule has 0 N–H and O–H groups in total. The van der Waals surface area contributed by atoms with Crippen molar-refractivity contribution in [2.75, 3.05) is 26.0 Å². The highest BCUT2D eigenvalue weighted by Crippen LogP contribution is 2.33. The molecule has 162 valence electrons. The van der Waals surface area contributed by atoms with Crippen LogP contribution >= 0.6 is 11.8 Å². The van der Waals surface area contributed by atoms with E-state index in [2.05, 4.69) is 41.4 Å². The Balaban J connectivity index is 1.59. The van der Waals surface area contributed by atoms with Gasteiger partial charge in [0.1, 0.15) is 5.75 Å². The molecule has 0 bridgehead atoms. The van der Waals surface area contributed by atoms with Gasteiger partial charge in [-0.15, -0.1) is 10.2 Å². The first-order valence-electron chi connectivity index (χ1n) is 10.7. The Morgan fingerprint density at radius 1 is 1.03 bits per heavy atom. The Morgan fingerprint density at radius 3 is 2.52 bits per heavy atom. The largest absolute Gasteiger partial charge is 0.496 e. The number of carbonyl (C=O) groups is 1. The molecule has 4 rings (SSSR count). The third kappa shape index (κ3) is 4.93. The van der Waals surface area contributed by atoms with E-state index in [4.69, 9.17) is 4.74 Å². The van der Waals surface area contributed by atoms with Gasteiger partial charge in [0.15, 0.2) is 11.0 Å². The number of para-hydroxylation sites is 1. The van der Waals surface area contributed by atoms with Crippen LogP contribution < -0.4 is 4.74 Å². The molecule has 0 radical (unpaired) electrons. The molecule has 0 saturated carbocycles. The molecule has 2 aromatic carbocycles. The van der Waals surface area contributed by atoms with Gasteiger partial charge in [-0.25, -0.2) is 0 Å². The molecule has 1 saturated heterocycles. The average Bonchev–Trinajstić information content (AvgIpc) is 3.23. The first-order chi connectivity index (χ1) is 15.2. The summed E-state index contributed by atoms with van der Waals surface area (Å²) in [5.74, 6) is 2.38. The summed E-state index contributed by atoms with van der Waals surface area (Å²) in [6, 6.07) is 16.1. The number of nitrogens with zero attached hydrogens (tertiary/aromatic N) is 4. The molecule has 0 unspecified atom stereocenters. The van der Waals surface area contributed by atoms with Crippen molar-refractivity contribution in [3.05, 3.63) is 54.1 Å². The summed E-state index contributed by atoms with van der Waals surface area (Å²) in [5, 5.41) is 9.74. The van der Waals surface area contributed by atoms with Crippen molar-refractivity contribution in [1.82, 2.24) is 19.7 Å². The van der Waals surface area contributed by atoms with Gasteiger partial charge in [0, 0.05) is 31.0 Å². The second-order valence-corrected chi connectivity index (χ2v) is 8.78. The minimum absolute atomic E-state index is 0.235. The van der Waals surface area contributed by atoms with Crippen molar-refractivity contribution in [3.63, 3.8) is 0 Å². The molecular weight excluding hydrogens is 408 g/mol. The van der Waals surface area contributed by atoms with Crippen molar-refractivity contribution < 1.29 is 9.53 Å². The quantitative estimate of drug-likeness (QED) is 0.501. The van der Waals surface area contributed by atoms with Gasteiger partial charge in [-0.3, -0.25) is 9.36 Å². The molecule has 0 spiro atoms. The topological polar surface area (TPSA) is 60.3 Å². The molecule has 31 heavy (non-hydrogen) atoms. The minimum Gasteiger partial charge on any atom is -0.496 e. The van der Waals surface area contributed by atoms with Gasteiger partial charge < -0.3 is 9.64 Å². The highest BCUT2D eigenvalue weighted by molar-refractivity contribution is 7.99. The van der Waals surface area contributed by atoms with Gasteiger partial charge in [-0.05, 0) is 50.5 Å². The Labute approximate surface area is 187 Å². The lowest BCUT2D eigenvalue weighted by molar-refractivity contribution is -0.131. The number of aromatic nitrogens is 3. The number of amides is 1.